The van der Waals surface area contributed by atoms with Gasteiger partial charge in [-0.15, -0.1) is 0 Å². The summed E-state index contributed by atoms with van der Waals surface area (Å²) in [5.41, 5.74) is 0.312. The molecule has 1 aromatic rings. The van der Waals surface area contributed by atoms with E-state index in [0.717, 1.165) is 4.90 Å². The first-order valence-corrected chi connectivity index (χ1v) is 5.97. The molecule has 1 heterocycles. The standard InChI is InChI=1S/C13H14N2O5/c1-20-9-4-2-8(3-5-9)12(17)15-7-11(16)14-6-10(15)13(18)19/h2-5,10H,6-7H2,1H3,(H,14,16)(H,18,19). The van der Waals surface area contributed by atoms with Crippen LogP contribution in [0.1, 0.15) is 10.4 Å². The highest BCUT2D eigenvalue weighted by molar-refractivity contribution is 6.00. The SMILES string of the molecule is COc1ccc(C(=O)N2CC(=O)NCC2C(=O)O)cc1. The maximum atomic E-state index is 12.3. The lowest BCUT2D eigenvalue weighted by Gasteiger charge is -2.32. The summed E-state index contributed by atoms with van der Waals surface area (Å²) in [6.45, 7) is -0.349. The van der Waals surface area contributed by atoms with Gasteiger partial charge >= 0.3 is 5.97 Å². The first kappa shape index (κ1) is 13.9. The molecule has 106 valence electrons. The predicted molar refractivity (Wildman–Crippen MR) is 68.5 cm³/mol. The molecule has 0 bridgehead atoms. The van der Waals surface area contributed by atoms with Crippen LogP contribution in [0.2, 0.25) is 0 Å². The van der Waals surface area contributed by atoms with Gasteiger partial charge in [0.15, 0.2) is 0 Å². The highest BCUT2D eigenvalue weighted by atomic mass is 16.5. The van der Waals surface area contributed by atoms with Crippen LogP contribution in [0.25, 0.3) is 0 Å². The Balaban J connectivity index is 2.23. The molecule has 1 atom stereocenters. The molecule has 2 rings (SSSR count). The van der Waals surface area contributed by atoms with E-state index in [1.54, 1.807) is 12.1 Å². The molecule has 1 aromatic carbocycles. The van der Waals surface area contributed by atoms with Crippen molar-refractivity contribution in [2.24, 2.45) is 0 Å². The Kier molecular flexibility index (Phi) is 3.88. The lowest BCUT2D eigenvalue weighted by atomic mass is 10.1. The topological polar surface area (TPSA) is 95.9 Å². The number of carboxylic acid groups (broad SMARTS) is 1. The van der Waals surface area contributed by atoms with E-state index in [1.807, 2.05) is 0 Å². The number of carboxylic acids is 1. The van der Waals surface area contributed by atoms with Crippen LogP contribution in [0.5, 0.6) is 5.75 Å². The summed E-state index contributed by atoms with van der Waals surface area (Å²) in [6.07, 6.45) is 0. The quantitative estimate of drug-likeness (QED) is 0.792. The normalized spacial score (nSPS) is 18.4. The van der Waals surface area contributed by atoms with E-state index < -0.39 is 17.9 Å². The maximum Gasteiger partial charge on any atom is 0.328 e. The third kappa shape index (κ3) is 2.71. The van der Waals surface area contributed by atoms with Crippen molar-refractivity contribution < 1.29 is 24.2 Å². The molecule has 1 aliphatic rings. The fourth-order valence-corrected chi connectivity index (χ4v) is 1.97. The van der Waals surface area contributed by atoms with Gasteiger partial charge in [-0.2, -0.15) is 0 Å². The zero-order valence-corrected chi connectivity index (χ0v) is 10.8. The monoisotopic (exact) mass is 278 g/mol. The van der Waals surface area contributed by atoms with Crippen LogP contribution in [0, 0.1) is 0 Å². The van der Waals surface area contributed by atoms with E-state index in [4.69, 9.17) is 9.84 Å². The minimum absolute atomic E-state index is 0.0872. The van der Waals surface area contributed by atoms with Crippen molar-refractivity contribution in [2.75, 3.05) is 20.2 Å². The van der Waals surface area contributed by atoms with Crippen molar-refractivity contribution in [3.8, 4) is 5.75 Å². The largest absolute Gasteiger partial charge is 0.497 e. The Morgan fingerprint density at radius 2 is 2.00 bits per heavy atom. The molecule has 1 unspecified atom stereocenters. The summed E-state index contributed by atoms with van der Waals surface area (Å²) in [5, 5.41) is 11.5. The van der Waals surface area contributed by atoms with Gasteiger partial charge in [0, 0.05) is 12.1 Å². The summed E-state index contributed by atoms with van der Waals surface area (Å²) >= 11 is 0. The first-order valence-electron chi connectivity index (χ1n) is 5.97. The zero-order valence-electron chi connectivity index (χ0n) is 10.8. The third-order valence-corrected chi connectivity index (χ3v) is 3.07. The number of ether oxygens (including phenoxy) is 1. The summed E-state index contributed by atoms with van der Waals surface area (Å²) in [4.78, 5) is 35.9. The molecule has 7 heteroatoms. The van der Waals surface area contributed by atoms with E-state index in [9.17, 15) is 14.4 Å². The van der Waals surface area contributed by atoms with Gasteiger partial charge in [0.1, 0.15) is 18.3 Å². The van der Waals surface area contributed by atoms with Crippen molar-refractivity contribution >= 4 is 17.8 Å². The van der Waals surface area contributed by atoms with Gasteiger partial charge in [0.2, 0.25) is 5.91 Å². The summed E-state index contributed by atoms with van der Waals surface area (Å²) < 4.78 is 4.99. The number of amides is 2. The van der Waals surface area contributed by atoms with Crippen LogP contribution in [0.4, 0.5) is 0 Å². The molecule has 1 aliphatic heterocycles. The molecule has 0 aliphatic carbocycles. The maximum absolute atomic E-state index is 12.3. The predicted octanol–water partition coefficient (Wildman–Crippen LogP) is -0.280. The Labute approximate surface area is 115 Å². The molecule has 20 heavy (non-hydrogen) atoms. The van der Waals surface area contributed by atoms with E-state index in [1.165, 1.54) is 19.2 Å². The molecular weight excluding hydrogens is 264 g/mol. The van der Waals surface area contributed by atoms with Crippen molar-refractivity contribution in [1.29, 1.82) is 0 Å². The van der Waals surface area contributed by atoms with Gasteiger partial charge in [-0.3, -0.25) is 9.59 Å². The molecule has 0 aromatic heterocycles. The lowest BCUT2D eigenvalue weighted by Crippen LogP contribution is -2.59. The van der Waals surface area contributed by atoms with Gasteiger partial charge in [-0.05, 0) is 24.3 Å². The van der Waals surface area contributed by atoms with Gasteiger partial charge in [0.25, 0.3) is 5.91 Å². The van der Waals surface area contributed by atoms with Crippen LogP contribution < -0.4 is 10.1 Å². The number of carbonyl (C=O) groups is 3. The minimum Gasteiger partial charge on any atom is -0.497 e. The van der Waals surface area contributed by atoms with E-state index in [-0.39, 0.29) is 19.0 Å². The molecule has 0 spiro atoms. The fraction of sp³-hybridized carbons (Fsp3) is 0.308. The molecule has 1 fully saturated rings. The van der Waals surface area contributed by atoms with Crippen LogP contribution in [-0.4, -0.2) is 54.0 Å². The Bertz CT molecular complexity index is 540. The van der Waals surface area contributed by atoms with Gasteiger partial charge in [0.05, 0.1) is 7.11 Å². The Hall–Kier alpha value is -2.57. The van der Waals surface area contributed by atoms with Crippen LogP contribution in [-0.2, 0) is 9.59 Å². The number of hydrogen-bond donors (Lipinski definition) is 2. The number of nitrogens with zero attached hydrogens (tertiary/aromatic N) is 1. The summed E-state index contributed by atoms with van der Waals surface area (Å²) in [7, 11) is 1.51. The second-order valence-corrected chi connectivity index (χ2v) is 4.32. The Morgan fingerprint density at radius 1 is 1.35 bits per heavy atom. The summed E-state index contributed by atoms with van der Waals surface area (Å²) in [6, 6.07) is 5.22. The number of rotatable bonds is 3. The van der Waals surface area contributed by atoms with Gasteiger partial charge in [-0.25, -0.2) is 4.79 Å². The second-order valence-electron chi connectivity index (χ2n) is 4.32. The average molecular weight is 278 g/mol. The fourth-order valence-electron chi connectivity index (χ4n) is 1.97. The van der Waals surface area contributed by atoms with Gasteiger partial charge < -0.3 is 20.1 Å². The number of nitrogens with one attached hydrogen (secondary N) is 1. The molecular formula is C13H14N2O5. The number of benzene rings is 1. The number of piperazine rings is 1. The smallest absolute Gasteiger partial charge is 0.328 e. The van der Waals surface area contributed by atoms with Crippen molar-refractivity contribution in [2.45, 2.75) is 6.04 Å². The highest BCUT2D eigenvalue weighted by Crippen LogP contribution is 2.15. The Morgan fingerprint density at radius 3 is 2.55 bits per heavy atom. The van der Waals surface area contributed by atoms with Crippen LogP contribution in [0.3, 0.4) is 0 Å². The van der Waals surface area contributed by atoms with Crippen LogP contribution >= 0.6 is 0 Å². The second kappa shape index (κ2) is 5.60. The highest BCUT2D eigenvalue weighted by Gasteiger charge is 2.35. The number of aliphatic carboxylic acids is 1. The lowest BCUT2D eigenvalue weighted by molar-refractivity contribution is -0.144. The first-order chi connectivity index (χ1) is 9.52. The van der Waals surface area contributed by atoms with Crippen LogP contribution in [0.15, 0.2) is 24.3 Å². The number of carbonyl (C=O) groups excluding carboxylic acids is 2. The van der Waals surface area contributed by atoms with Gasteiger partial charge in [-0.1, -0.05) is 0 Å². The minimum atomic E-state index is -1.15. The molecule has 2 amide bonds. The molecule has 1 saturated heterocycles. The van der Waals surface area contributed by atoms with E-state index >= 15 is 0 Å². The molecule has 0 saturated carbocycles. The third-order valence-electron chi connectivity index (χ3n) is 3.07. The molecule has 7 nitrogen and oxygen atoms in total. The van der Waals surface area contributed by atoms with E-state index in [2.05, 4.69) is 5.32 Å². The average Bonchev–Trinajstić information content (AvgIpc) is 2.46. The summed E-state index contributed by atoms with van der Waals surface area (Å²) in [5.74, 6) is -1.42. The van der Waals surface area contributed by atoms with E-state index in [0.29, 0.717) is 11.3 Å². The van der Waals surface area contributed by atoms with Crippen molar-refractivity contribution in [3.05, 3.63) is 29.8 Å². The zero-order chi connectivity index (χ0) is 14.7. The molecule has 0 radical (unpaired) electrons. The van der Waals surface area contributed by atoms with Crippen molar-refractivity contribution in [3.63, 3.8) is 0 Å². The number of methoxy groups -OCH3 is 1. The van der Waals surface area contributed by atoms with Crippen molar-refractivity contribution in [1.82, 2.24) is 10.2 Å². The molecule has 2 N–H and O–H groups in total. The number of hydrogen-bond acceptors (Lipinski definition) is 4.